The minimum atomic E-state index is -0.992. The van der Waals surface area contributed by atoms with Gasteiger partial charge in [-0.1, -0.05) is 12.1 Å². The third kappa shape index (κ3) is 7.92. The Hall–Kier alpha value is -5.03. The van der Waals surface area contributed by atoms with Crippen LogP contribution in [0.3, 0.4) is 0 Å². The van der Waals surface area contributed by atoms with Gasteiger partial charge >= 0.3 is 6.09 Å². The van der Waals surface area contributed by atoms with Crippen molar-refractivity contribution in [2.45, 2.75) is 75.7 Å². The molecule has 2 N–H and O–H groups in total. The molecular formula is C49H50I2N14O6S2. The maximum Gasteiger partial charge on any atom is 0.404 e. The van der Waals surface area contributed by atoms with E-state index in [4.69, 9.17) is 39.5 Å². The van der Waals surface area contributed by atoms with Crippen molar-refractivity contribution in [3.63, 3.8) is 0 Å². The second kappa shape index (κ2) is 18.4. The number of hydrogen-bond donors (Lipinski definition) is 2. The van der Waals surface area contributed by atoms with Crippen molar-refractivity contribution < 1.29 is 29.0 Å². The molecule has 7 aromatic rings. The van der Waals surface area contributed by atoms with Crippen LogP contribution in [-0.4, -0.2) is 130 Å². The first-order valence-corrected chi connectivity index (χ1v) is 28.7. The molecule has 4 saturated heterocycles. The summed E-state index contributed by atoms with van der Waals surface area (Å²) in [6.07, 6.45) is 8.69. The summed E-state index contributed by atoms with van der Waals surface area (Å²) in [5.41, 5.74) is 5.47. The highest BCUT2D eigenvalue weighted by atomic mass is 127. The van der Waals surface area contributed by atoms with Crippen LogP contribution >= 0.6 is 67.9 Å². The summed E-state index contributed by atoms with van der Waals surface area (Å²) in [6, 6.07) is 7.10. The Morgan fingerprint density at radius 2 is 1.18 bits per heavy atom. The third-order valence-corrected chi connectivity index (χ3v) is 19.9. The van der Waals surface area contributed by atoms with E-state index < -0.39 is 6.09 Å². The molecule has 6 aromatic heterocycles. The van der Waals surface area contributed by atoms with Crippen molar-refractivity contribution in [3.8, 4) is 0 Å². The number of carbonyl (C=O) groups excluding carboxylic acids is 2. The third-order valence-electron chi connectivity index (χ3n) is 16.1. The Labute approximate surface area is 454 Å². The largest absolute Gasteiger partial charge is 0.465 e. The Morgan fingerprint density at radius 3 is 1.60 bits per heavy atom. The number of halogens is 2. The van der Waals surface area contributed by atoms with E-state index in [1.165, 1.54) is 4.90 Å². The Balaban J connectivity index is 0.000000144. The van der Waals surface area contributed by atoms with E-state index in [-0.39, 0.29) is 46.9 Å². The maximum absolute atomic E-state index is 13.3. The fourth-order valence-electron chi connectivity index (χ4n) is 12.4. The quantitative estimate of drug-likeness (QED) is 0.101. The van der Waals surface area contributed by atoms with Crippen molar-refractivity contribution in [2.24, 2.45) is 23.7 Å². The Morgan fingerprint density at radius 1 is 0.712 bits per heavy atom. The molecule has 11 heterocycles. The molecule has 7 aliphatic rings. The summed E-state index contributed by atoms with van der Waals surface area (Å²) in [5, 5.41) is 27.4. The average Bonchev–Trinajstić information content (AvgIpc) is 4.11. The smallest absolute Gasteiger partial charge is 0.404 e. The van der Waals surface area contributed by atoms with Gasteiger partial charge in [-0.15, -0.1) is 22.7 Å². The number of nitrogens with one attached hydrogen (secondary N) is 1. The van der Waals surface area contributed by atoms with Crippen LogP contribution in [0.4, 0.5) is 16.4 Å². The number of amides is 3. The molecule has 0 bridgehead atoms. The molecule has 3 amide bonds. The number of ether oxygens (including phenoxy) is 2. The summed E-state index contributed by atoms with van der Waals surface area (Å²) in [7, 11) is 0. The van der Waals surface area contributed by atoms with Gasteiger partial charge in [0.15, 0.2) is 31.2 Å². The number of rotatable bonds is 10. The predicted octanol–water partition coefficient (Wildman–Crippen LogP) is 7.36. The number of carbonyl (C=O) groups is 3. The van der Waals surface area contributed by atoms with Gasteiger partial charge < -0.3 is 29.7 Å². The summed E-state index contributed by atoms with van der Waals surface area (Å²) < 4.78 is 17.4. The zero-order valence-electron chi connectivity index (χ0n) is 39.9. The first kappa shape index (κ1) is 47.7. The Bertz CT molecular complexity index is 3290. The van der Waals surface area contributed by atoms with Crippen LogP contribution in [0.5, 0.6) is 0 Å². The molecule has 20 nitrogen and oxygen atoms in total. The van der Waals surface area contributed by atoms with Gasteiger partial charge in [-0.3, -0.25) is 14.5 Å². The van der Waals surface area contributed by atoms with Crippen LogP contribution in [0.15, 0.2) is 47.4 Å². The van der Waals surface area contributed by atoms with Crippen molar-refractivity contribution in [1.82, 2.24) is 59.7 Å². The molecule has 0 spiro atoms. The molecule has 6 fully saturated rings. The van der Waals surface area contributed by atoms with Crippen molar-refractivity contribution in [3.05, 3.63) is 87.4 Å². The number of piperidine rings is 2. The SMILES string of the molecule is Cc1csc(C2(CN3C(=O)c4ccccc4C3=O)[C@@H]3CN(c4cnc5c(I)nn(C6CCCCO6)c5n4)C[C@@H]32)n1.Cc1csc(C2(CNC(=O)O)[C@@H]3CN(c4cnc5c(I)nn(C6CCCCO6)c5n4)C[C@@H]32)n1. The summed E-state index contributed by atoms with van der Waals surface area (Å²) in [4.78, 5) is 72.8. The van der Waals surface area contributed by atoms with E-state index in [1.807, 2.05) is 53.1 Å². The molecule has 1 aromatic carbocycles. The minimum Gasteiger partial charge on any atom is -0.465 e. The maximum atomic E-state index is 13.3. The highest BCUT2D eigenvalue weighted by Gasteiger charge is 2.72. The number of benzene rings is 1. The normalized spacial score (nSPS) is 28.1. The van der Waals surface area contributed by atoms with Crippen LogP contribution in [0, 0.1) is 44.9 Å². The van der Waals surface area contributed by atoms with E-state index in [1.54, 1.807) is 34.8 Å². The average molecular weight is 1250 g/mol. The summed E-state index contributed by atoms with van der Waals surface area (Å²) >= 11 is 7.69. The predicted molar refractivity (Wildman–Crippen MR) is 287 cm³/mol. The molecule has 14 rings (SSSR count). The van der Waals surface area contributed by atoms with Gasteiger partial charge in [-0.25, -0.2) is 44.1 Å². The summed E-state index contributed by atoms with van der Waals surface area (Å²) in [6.45, 7) is 9.32. The highest BCUT2D eigenvalue weighted by Crippen LogP contribution is 2.66. The van der Waals surface area contributed by atoms with Crippen LogP contribution in [0.25, 0.3) is 22.3 Å². The van der Waals surface area contributed by atoms with Gasteiger partial charge in [-0.05, 0) is 133 Å². The number of hydrogen-bond acceptors (Lipinski definition) is 17. The number of fused-ring (bicyclic) bond motifs is 5. The topological polar surface area (TPSA) is 225 Å². The lowest BCUT2D eigenvalue weighted by atomic mass is 9.99. The van der Waals surface area contributed by atoms with Gasteiger partial charge in [0.25, 0.3) is 11.8 Å². The molecule has 2 aliphatic carbocycles. The molecule has 2 saturated carbocycles. The van der Waals surface area contributed by atoms with Crippen LogP contribution in [0.1, 0.15) is 93.1 Å². The van der Waals surface area contributed by atoms with E-state index in [0.717, 1.165) is 141 Å². The van der Waals surface area contributed by atoms with Gasteiger partial charge in [0.1, 0.15) is 32.7 Å². The van der Waals surface area contributed by atoms with Crippen molar-refractivity contribution in [1.29, 1.82) is 0 Å². The van der Waals surface area contributed by atoms with Gasteiger partial charge in [0.05, 0.1) is 28.9 Å². The Kier molecular flexibility index (Phi) is 12.0. The standard InChI is InChI=1S/C28H26IN7O3S.C21H24IN7O3S/c1-15-13-40-27(31-15)28(14-35-25(37)16-6-2-3-7-17(16)26(35)38)18-11-34(12-19(18)28)20-10-30-22-23(29)33-36(24(22)32-20)21-8-4-5-9-39-21;1-11-9-33-19(25-11)21(10-24-20(30)31)12-7-28(8-13(12)21)14-6-23-16-17(22)27-29(18(16)26-14)15-4-2-3-5-32-15/h2-3,6-7,10,13,18-19,21H,4-5,8-9,11-12,14H2,1H3;6,9,12-13,15,24H,2-5,7-8,10H2,1H3,(H,30,31)/t18-,19+,21?,28?;12-,13+,15?,21?. The second-order valence-electron chi connectivity index (χ2n) is 20.2. The second-order valence-corrected chi connectivity index (χ2v) is 24.0. The lowest BCUT2D eigenvalue weighted by Gasteiger charge is -2.29. The number of aryl methyl sites for hydroxylation is 2. The molecular weight excluding hydrogens is 1200 g/mol. The number of thiazole rings is 2. The first-order valence-electron chi connectivity index (χ1n) is 24.7. The fraction of sp³-hybridized carbons (Fsp3) is 0.490. The van der Waals surface area contributed by atoms with E-state index in [0.29, 0.717) is 36.1 Å². The summed E-state index contributed by atoms with van der Waals surface area (Å²) in [5.74, 6) is 2.41. The number of imide groups is 1. The molecule has 5 aliphatic heterocycles. The lowest BCUT2D eigenvalue weighted by Crippen LogP contribution is -2.42. The first-order chi connectivity index (χ1) is 35.4. The highest BCUT2D eigenvalue weighted by molar-refractivity contribution is 14.1. The zero-order valence-corrected chi connectivity index (χ0v) is 45.8. The van der Waals surface area contributed by atoms with Crippen LogP contribution < -0.4 is 15.1 Å². The minimum absolute atomic E-state index is 0.0933. The van der Waals surface area contributed by atoms with Gasteiger partial charge in [0.2, 0.25) is 0 Å². The monoisotopic (exact) mass is 1250 g/mol. The molecule has 24 heteroatoms. The van der Waals surface area contributed by atoms with Crippen LogP contribution in [-0.2, 0) is 20.3 Å². The lowest BCUT2D eigenvalue weighted by molar-refractivity contribution is -0.0373. The van der Waals surface area contributed by atoms with E-state index >= 15 is 0 Å². The van der Waals surface area contributed by atoms with E-state index in [9.17, 15) is 19.5 Å². The fourth-order valence-corrected chi connectivity index (χ4v) is 15.9. The van der Waals surface area contributed by atoms with Crippen LogP contribution in [0.2, 0.25) is 0 Å². The molecule has 73 heavy (non-hydrogen) atoms. The number of carboxylic acid groups (broad SMARTS) is 1. The molecule has 378 valence electrons. The zero-order chi connectivity index (χ0) is 49.9. The number of nitrogens with zero attached hydrogens (tertiary/aromatic N) is 13. The van der Waals surface area contributed by atoms with E-state index in [2.05, 4.69) is 75.8 Å². The number of aromatic nitrogens is 10. The van der Waals surface area contributed by atoms with Gasteiger partial charge in [-0.2, -0.15) is 10.2 Å². The molecule has 8 atom stereocenters. The van der Waals surface area contributed by atoms with Crippen molar-refractivity contribution >= 4 is 120 Å². The van der Waals surface area contributed by atoms with Crippen molar-refractivity contribution in [2.75, 3.05) is 62.3 Å². The molecule has 4 unspecified atom stereocenters. The molecule has 0 radical (unpaired) electrons. The number of anilines is 2. The van der Waals surface area contributed by atoms with Gasteiger partial charge in [0, 0.05) is 80.0 Å².